The third-order valence-electron chi connectivity index (χ3n) is 4.81. The minimum absolute atomic E-state index is 0.00357. The standard InChI is InChI=1S/C22H26ClNO3/c1-22(2)26-16-20(27-22)19(18-11-7-4-8-12-18)15-24(21(25)13-23)14-17-9-5-3-6-10-17/h3-12,19-20H,13-16H2,1-2H3/t19-,20+/m0/s1. The van der Waals surface area contributed by atoms with Crippen molar-refractivity contribution in [2.45, 2.75) is 38.2 Å². The Labute approximate surface area is 166 Å². The Bertz CT molecular complexity index is 736. The molecule has 2 aromatic rings. The molecule has 0 bridgehead atoms. The lowest BCUT2D eigenvalue weighted by molar-refractivity contribution is -0.142. The SMILES string of the molecule is CC1(C)OC[C@H]([C@@H](CN(Cc2ccccc2)C(=O)CCl)c2ccccc2)O1. The van der Waals surface area contributed by atoms with Gasteiger partial charge in [0.2, 0.25) is 5.91 Å². The van der Waals surface area contributed by atoms with E-state index in [1.165, 1.54) is 0 Å². The monoisotopic (exact) mass is 387 g/mol. The number of carbonyl (C=O) groups is 1. The van der Waals surface area contributed by atoms with Crippen LogP contribution in [0.5, 0.6) is 0 Å². The Morgan fingerprint density at radius 1 is 1.15 bits per heavy atom. The molecule has 5 heteroatoms. The summed E-state index contributed by atoms with van der Waals surface area (Å²) in [6.07, 6.45) is -0.121. The molecule has 1 aliphatic heterocycles. The van der Waals surface area contributed by atoms with Crippen LogP contribution in [0.3, 0.4) is 0 Å². The Balaban J connectivity index is 1.84. The molecular weight excluding hydrogens is 362 g/mol. The predicted molar refractivity (Wildman–Crippen MR) is 107 cm³/mol. The van der Waals surface area contributed by atoms with E-state index >= 15 is 0 Å². The highest BCUT2D eigenvalue weighted by Gasteiger charge is 2.39. The lowest BCUT2D eigenvalue weighted by atomic mass is 9.92. The van der Waals surface area contributed by atoms with Gasteiger partial charge in [0, 0.05) is 19.0 Å². The fraction of sp³-hybridized carbons (Fsp3) is 0.409. The third-order valence-corrected chi connectivity index (χ3v) is 5.04. The van der Waals surface area contributed by atoms with Crippen LogP contribution in [0.4, 0.5) is 0 Å². The van der Waals surface area contributed by atoms with Crippen LogP contribution in [0.1, 0.15) is 30.9 Å². The average molecular weight is 388 g/mol. The van der Waals surface area contributed by atoms with Gasteiger partial charge in [-0.3, -0.25) is 4.79 Å². The van der Waals surface area contributed by atoms with Crippen LogP contribution in [0.2, 0.25) is 0 Å². The van der Waals surface area contributed by atoms with Crippen LogP contribution in [-0.2, 0) is 20.8 Å². The molecular formula is C22H26ClNO3. The van der Waals surface area contributed by atoms with E-state index in [1.807, 2.05) is 67.3 Å². The third kappa shape index (κ3) is 5.32. The van der Waals surface area contributed by atoms with Gasteiger partial charge in [-0.1, -0.05) is 60.7 Å². The molecule has 1 aliphatic rings. The van der Waals surface area contributed by atoms with Gasteiger partial charge in [0.05, 0.1) is 12.7 Å². The molecule has 3 rings (SSSR count). The van der Waals surface area contributed by atoms with E-state index in [9.17, 15) is 4.79 Å². The largest absolute Gasteiger partial charge is 0.348 e. The first kappa shape index (κ1) is 19.9. The molecule has 0 aromatic heterocycles. The van der Waals surface area contributed by atoms with Gasteiger partial charge in [-0.25, -0.2) is 0 Å². The molecule has 0 saturated carbocycles. The van der Waals surface area contributed by atoms with Crippen molar-refractivity contribution in [2.24, 2.45) is 0 Å². The van der Waals surface area contributed by atoms with E-state index in [2.05, 4.69) is 12.1 Å². The molecule has 0 spiro atoms. The van der Waals surface area contributed by atoms with Gasteiger partial charge in [0.15, 0.2) is 5.79 Å². The summed E-state index contributed by atoms with van der Waals surface area (Å²) in [5, 5.41) is 0. The summed E-state index contributed by atoms with van der Waals surface area (Å²) in [6, 6.07) is 20.1. The number of alkyl halides is 1. The molecule has 1 heterocycles. The first-order valence-electron chi connectivity index (χ1n) is 9.23. The van der Waals surface area contributed by atoms with Crippen molar-refractivity contribution in [3.63, 3.8) is 0 Å². The van der Waals surface area contributed by atoms with Crippen LogP contribution < -0.4 is 0 Å². The quantitative estimate of drug-likeness (QED) is 0.668. The normalized spacial score (nSPS) is 19.6. The van der Waals surface area contributed by atoms with Crippen molar-refractivity contribution in [2.75, 3.05) is 19.0 Å². The fourth-order valence-corrected chi connectivity index (χ4v) is 3.60. The number of ether oxygens (including phenoxy) is 2. The zero-order valence-corrected chi connectivity index (χ0v) is 16.6. The van der Waals surface area contributed by atoms with E-state index in [1.54, 1.807) is 0 Å². The Morgan fingerprint density at radius 2 is 1.78 bits per heavy atom. The van der Waals surface area contributed by atoms with Crippen LogP contribution in [0.25, 0.3) is 0 Å². The summed E-state index contributed by atoms with van der Waals surface area (Å²) in [5.74, 6) is -0.733. The topological polar surface area (TPSA) is 38.8 Å². The van der Waals surface area contributed by atoms with Crippen LogP contribution in [-0.4, -0.2) is 41.7 Å². The lowest BCUT2D eigenvalue weighted by Crippen LogP contribution is -2.39. The zero-order chi connectivity index (χ0) is 19.3. The summed E-state index contributed by atoms with van der Waals surface area (Å²) in [6.45, 7) is 5.38. The molecule has 0 unspecified atom stereocenters. The molecule has 1 saturated heterocycles. The first-order valence-corrected chi connectivity index (χ1v) is 9.76. The smallest absolute Gasteiger partial charge is 0.237 e. The van der Waals surface area contributed by atoms with Crippen molar-refractivity contribution in [3.8, 4) is 0 Å². The molecule has 27 heavy (non-hydrogen) atoms. The van der Waals surface area contributed by atoms with Gasteiger partial charge in [0.1, 0.15) is 5.88 Å². The Morgan fingerprint density at radius 3 is 2.33 bits per heavy atom. The number of hydrogen-bond donors (Lipinski definition) is 0. The summed E-state index contributed by atoms with van der Waals surface area (Å²) in [4.78, 5) is 14.4. The second-order valence-electron chi connectivity index (χ2n) is 7.28. The van der Waals surface area contributed by atoms with Crippen molar-refractivity contribution in [1.29, 1.82) is 0 Å². The Hall–Kier alpha value is -1.88. The summed E-state index contributed by atoms with van der Waals surface area (Å²) < 4.78 is 11.9. The van der Waals surface area contributed by atoms with E-state index in [4.69, 9.17) is 21.1 Å². The van der Waals surface area contributed by atoms with Crippen molar-refractivity contribution < 1.29 is 14.3 Å². The lowest BCUT2D eigenvalue weighted by Gasteiger charge is -2.31. The van der Waals surface area contributed by atoms with Crippen molar-refractivity contribution in [3.05, 3.63) is 71.8 Å². The minimum Gasteiger partial charge on any atom is -0.348 e. The summed E-state index contributed by atoms with van der Waals surface area (Å²) in [5.41, 5.74) is 2.20. The average Bonchev–Trinajstić information content (AvgIpc) is 3.05. The molecule has 1 fully saturated rings. The maximum absolute atomic E-state index is 12.5. The Kier molecular flexibility index (Phi) is 6.53. The highest BCUT2D eigenvalue weighted by molar-refractivity contribution is 6.27. The van der Waals surface area contributed by atoms with Crippen LogP contribution >= 0.6 is 11.6 Å². The number of benzene rings is 2. The molecule has 1 amide bonds. The molecule has 2 aromatic carbocycles. The van der Waals surface area contributed by atoms with Gasteiger partial charge in [-0.05, 0) is 25.0 Å². The number of amides is 1. The number of nitrogens with zero attached hydrogens (tertiary/aromatic N) is 1. The fourth-order valence-electron chi connectivity index (χ4n) is 3.43. The van der Waals surface area contributed by atoms with E-state index in [0.29, 0.717) is 19.7 Å². The highest BCUT2D eigenvalue weighted by Crippen LogP contribution is 2.33. The maximum Gasteiger partial charge on any atom is 0.237 e. The maximum atomic E-state index is 12.5. The van der Waals surface area contributed by atoms with E-state index in [-0.39, 0.29) is 23.8 Å². The summed E-state index contributed by atoms with van der Waals surface area (Å²) >= 11 is 5.90. The molecule has 144 valence electrons. The molecule has 0 radical (unpaired) electrons. The molecule has 0 N–H and O–H groups in total. The van der Waals surface area contributed by atoms with E-state index < -0.39 is 5.79 Å². The first-order chi connectivity index (χ1) is 13.0. The number of hydrogen-bond acceptors (Lipinski definition) is 3. The predicted octanol–water partition coefficient (Wildman–Crippen LogP) is 4.19. The highest BCUT2D eigenvalue weighted by atomic mass is 35.5. The second-order valence-corrected chi connectivity index (χ2v) is 7.55. The zero-order valence-electron chi connectivity index (χ0n) is 15.8. The van der Waals surface area contributed by atoms with Crippen LogP contribution in [0, 0.1) is 0 Å². The molecule has 0 aliphatic carbocycles. The van der Waals surface area contributed by atoms with Gasteiger partial charge in [-0.15, -0.1) is 11.6 Å². The van der Waals surface area contributed by atoms with Gasteiger partial charge >= 0.3 is 0 Å². The van der Waals surface area contributed by atoms with E-state index in [0.717, 1.165) is 11.1 Å². The summed E-state index contributed by atoms with van der Waals surface area (Å²) in [7, 11) is 0. The van der Waals surface area contributed by atoms with Gasteiger partial charge in [-0.2, -0.15) is 0 Å². The van der Waals surface area contributed by atoms with Gasteiger partial charge < -0.3 is 14.4 Å². The number of halogens is 1. The van der Waals surface area contributed by atoms with Gasteiger partial charge in [0.25, 0.3) is 0 Å². The molecule has 2 atom stereocenters. The minimum atomic E-state index is -0.613. The number of rotatable bonds is 7. The van der Waals surface area contributed by atoms with Crippen LogP contribution in [0.15, 0.2) is 60.7 Å². The van der Waals surface area contributed by atoms with Crippen molar-refractivity contribution >= 4 is 17.5 Å². The second kappa shape index (κ2) is 8.87. The van der Waals surface area contributed by atoms with Crippen molar-refractivity contribution in [1.82, 2.24) is 4.90 Å². The molecule has 4 nitrogen and oxygen atoms in total. The number of carbonyl (C=O) groups excluding carboxylic acids is 1.